The number of rotatable bonds is 4. The summed E-state index contributed by atoms with van der Waals surface area (Å²) in [7, 11) is 0. The third-order valence-electron chi connectivity index (χ3n) is 4.51. The second-order valence-electron chi connectivity index (χ2n) is 5.94. The van der Waals surface area contributed by atoms with Crippen molar-refractivity contribution in [2.45, 2.75) is 39.0 Å². The summed E-state index contributed by atoms with van der Waals surface area (Å²) in [5, 5.41) is 5.68. The van der Waals surface area contributed by atoms with Gasteiger partial charge in [-0.25, -0.2) is 9.97 Å². The number of hydrogen-bond donors (Lipinski definition) is 2. The van der Waals surface area contributed by atoms with E-state index in [1.165, 1.54) is 37.7 Å². The van der Waals surface area contributed by atoms with Gasteiger partial charge in [0.1, 0.15) is 12.1 Å². The number of nitrogens with one attached hydrogen (secondary N) is 1. The molecule has 1 aliphatic carbocycles. The Morgan fingerprint density at radius 2 is 2.10 bits per heavy atom. The van der Waals surface area contributed by atoms with Crippen molar-refractivity contribution in [1.82, 2.24) is 9.97 Å². The number of anilines is 1. The molecule has 0 amide bonds. The van der Waals surface area contributed by atoms with E-state index >= 15 is 0 Å². The summed E-state index contributed by atoms with van der Waals surface area (Å²) in [5.74, 6) is 0.964. The molecule has 5 heteroatoms. The summed E-state index contributed by atoms with van der Waals surface area (Å²) in [6.07, 6.45) is 8.07. The molecule has 2 aromatic heterocycles. The first-order valence-electron chi connectivity index (χ1n) is 7.37. The quantitative estimate of drug-likeness (QED) is 0.906. The maximum Gasteiger partial charge on any atom is 0.147 e. The summed E-state index contributed by atoms with van der Waals surface area (Å²) in [6.45, 7) is 3.78. The molecule has 0 aromatic carbocycles. The molecule has 0 saturated heterocycles. The predicted molar refractivity (Wildman–Crippen MR) is 85.2 cm³/mol. The molecule has 0 spiro atoms. The molecule has 0 aliphatic heterocycles. The third-order valence-corrected chi connectivity index (χ3v) is 5.60. The zero-order valence-corrected chi connectivity index (χ0v) is 12.8. The van der Waals surface area contributed by atoms with Crippen molar-refractivity contribution in [2.75, 3.05) is 18.4 Å². The molecule has 0 radical (unpaired) electrons. The Balaban J connectivity index is 1.79. The molecule has 2 heterocycles. The molecule has 20 heavy (non-hydrogen) atoms. The molecule has 108 valence electrons. The minimum Gasteiger partial charge on any atom is -0.368 e. The zero-order valence-electron chi connectivity index (χ0n) is 12.0. The second-order valence-corrected chi connectivity index (χ2v) is 6.82. The van der Waals surface area contributed by atoms with Crippen LogP contribution in [-0.2, 0) is 0 Å². The van der Waals surface area contributed by atoms with E-state index in [-0.39, 0.29) is 5.41 Å². The van der Waals surface area contributed by atoms with Crippen LogP contribution in [0.4, 0.5) is 5.82 Å². The summed E-state index contributed by atoms with van der Waals surface area (Å²) >= 11 is 1.71. The lowest BCUT2D eigenvalue weighted by atomic mass is 9.74. The second kappa shape index (κ2) is 5.66. The van der Waals surface area contributed by atoms with Gasteiger partial charge in [-0.2, -0.15) is 0 Å². The van der Waals surface area contributed by atoms with Gasteiger partial charge < -0.3 is 11.1 Å². The fourth-order valence-corrected chi connectivity index (χ4v) is 4.09. The van der Waals surface area contributed by atoms with E-state index in [9.17, 15) is 0 Å². The Morgan fingerprint density at radius 3 is 2.85 bits per heavy atom. The molecule has 1 fully saturated rings. The van der Waals surface area contributed by atoms with Gasteiger partial charge in [-0.1, -0.05) is 19.3 Å². The molecular weight excluding hydrogens is 268 g/mol. The minimum atomic E-state index is 0.252. The Hall–Kier alpha value is -1.20. The van der Waals surface area contributed by atoms with Crippen molar-refractivity contribution in [1.29, 1.82) is 0 Å². The standard InChI is InChI=1S/C15H22N4S/c1-11-7-20-13-12(11)18-10-19-14(13)17-9-15(8-16)5-3-2-4-6-15/h7,10H,2-6,8-9,16H2,1H3,(H,17,18,19). The van der Waals surface area contributed by atoms with Crippen LogP contribution < -0.4 is 11.1 Å². The van der Waals surface area contributed by atoms with E-state index in [1.807, 2.05) is 0 Å². The minimum absolute atomic E-state index is 0.252. The van der Waals surface area contributed by atoms with Crippen LogP contribution in [0.2, 0.25) is 0 Å². The lowest BCUT2D eigenvalue weighted by molar-refractivity contribution is 0.215. The number of nitrogens with two attached hydrogens (primary N) is 1. The van der Waals surface area contributed by atoms with Crippen molar-refractivity contribution in [3.05, 3.63) is 17.3 Å². The van der Waals surface area contributed by atoms with Gasteiger partial charge in [0.05, 0.1) is 10.2 Å². The fourth-order valence-electron chi connectivity index (χ4n) is 3.12. The van der Waals surface area contributed by atoms with E-state index < -0.39 is 0 Å². The molecule has 0 atom stereocenters. The van der Waals surface area contributed by atoms with Crippen molar-refractivity contribution in [3.63, 3.8) is 0 Å². The highest BCUT2D eigenvalue weighted by Crippen LogP contribution is 2.36. The molecule has 3 N–H and O–H groups in total. The molecule has 1 aliphatic rings. The Kier molecular flexibility index (Phi) is 3.89. The SMILES string of the molecule is Cc1csc2c(NCC3(CN)CCCCC3)ncnc12. The first-order chi connectivity index (χ1) is 9.74. The van der Waals surface area contributed by atoms with E-state index in [4.69, 9.17) is 5.73 Å². The number of hydrogen-bond acceptors (Lipinski definition) is 5. The van der Waals surface area contributed by atoms with E-state index in [2.05, 4.69) is 27.6 Å². The van der Waals surface area contributed by atoms with Crippen molar-refractivity contribution >= 4 is 27.4 Å². The van der Waals surface area contributed by atoms with E-state index in [0.29, 0.717) is 0 Å². The lowest BCUT2D eigenvalue weighted by Gasteiger charge is -2.36. The third kappa shape index (κ3) is 2.52. The maximum atomic E-state index is 6.05. The molecule has 2 aromatic rings. The van der Waals surface area contributed by atoms with Crippen molar-refractivity contribution in [2.24, 2.45) is 11.1 Å². The van der Waals surface area contributed by atoms with E-state index in [0.717, 1.165) is 29.1 Å². The largest absolute Gasteiger partial charge is 0.368 e. The first kappa shape index (κ1) is 13.8. The van der Waals surface area contributed by atoms with Crippen molar-refractivity contribution < 1.29 is 0 Å². The van der Waals surface area contributed by atoms with Crippen molar-refractivity contribution in [3.8, 4) is 0 Å². The number of aryl methyl sites for hydroxylation is 1. The Bertz CT molecular complexity index is 587. The number of fused-ring (bicyclic) bond motifs is 1. The molecule has 4 nitrogen and oxygen atoms in total. The van der Waals surface area contributed by atoms with Crippen LogP contribution in [0.3, 0.4) is 0 Å². The van der Waals surface area contributed by atoms with Gasteiger partial charge >= 0.3 is 0 Å². The highest BCUT2D eigenvalue weighted by Gasteiger charge is 2.30. The van der Waals surface area contributed by atoms with Crippen LogP contribution in [-0.4, -0.2) is 23.1 Å². The normalized spacial score (nSPS) is 18.3. The predicted octanol–water partition coefficient (Wildman–Crippen LogP) is 3.32. The summed E-state index contributed by atoms with van der Waals surface area (Å²) in [6, 6.07) is 0. The summed E-state index contributed by atoms with van der Waals surface area (Å²) in [4.78, 5) is 8.79. The number of aromatic nitrogens is 2. The van der Waals surface area contributed by atoms with Gasteiger partial charge in [0.15, 0.2) is 0 Å². The van der Waals surface area contributed by atoms with Gasteiger partial charge in [0, 0.05) is 6.54 Å². The van der Waals surface area contributed by atoms with Gasteiger partial charge in [-0.05, 0) is 42.7 Å². The monoisotopic (exact) mass is 290 g/mol. The van der Waals surface area contributed by atoms with Crippen LogP contribution in [0.1, 0.15) is 37.7 Å². The lowest BCUT2D eigenvalue weighted by Crippen LogP contribution is -2.39. The Labute approximate surface area is 123 Å². The molecular formula is C15H22N4S. The highest BCUT2D eigenvalue weighted by atomic mass is 32.1. The topological polar surface area (TPSA) is 63.8 Å². The van der Waals surface area contributed by atoms with Crippen LogP contribution in [0, 0.1) is 12.3 Å². The van der Waals surface area contributed by atoms with Crippen LogP contribution in [0.5, 0.6) is 0 Å². The van der Waals surface area contributed by atoms with Gasteiger partial charge in [0.2, 0.25) is 0 Å². The summed E-state index contributed by atoms with van der Waals surface area (Å²) in [5.41, 5.74) is 8.59. The van der Waals surface area contributed by atoms with Gasteiger partial charge in [-0.15, -0.1) is 11.3 Å². The molecule has 0 unspecified atom stereocenters. The maximum absolute atomic E-state index is 6.05. The molecule has 3 rings (SSSR count). The average molecular weight is 290 g/mol. The highest BCUT2D eigenvalue weighted by molar-refractivity contribution is 7.18. The molecule has 0 bridgehead atoms. The Morgan fingerprint density at radius 1 is 1.30 bits per heavy atom. The van der Waals surface area contributed by atoms with Gasteiger partial charge in [0.25, 0.3) is 0 Å². The van der Waals surface area contributed by atoms with E-state index in [1.54, 1.807) is 17.7 Å². The zero-order chi connectivity index (χ0) is 14.0. The molecule has 1 saturated carbocycles. The summed E-state index contributed by atoms with van der Waals surface area (Å²) < 4.78 is 1.16. The fraction of sp³-hybridized carbons (Fsp3) is 0.600. The number of thiophene rings is 1. The average Bonchev–Trinajstić information content (AvgIpc) is 2.88. The van der Waals surface area contributed by atoms with Crippen LogP contribution in [0.25, 0.3) is 10.2 Å². The number of nitrogens with zero attached hydrogens (tertiary/aromatic N) is 2. The van der Waals surface area contributed by atoms with Gasteiger partial charge in [-0.3, -0.25) is 0 Å². The van der Waals surface area contributed by atoms with Crippen LogP contribution in [0.15, 0.2) is 11.7 Å². The van der Waals surface area contributed by atoms with Crippen LogP contribution >= 0.6 is 11.3 Å². The smallest absolute Gasteiger partial charge is 0.147 e. The first-order valence-corrected chi connectivity index (χ1v) is 8.25.